The Hall–Kier alpha value is -3.69. The van der Waals surface area contributed by atoms with Gasteiger partial charge in [0.05, 0.1) is 19.3 Å². The van der Waals surface area contributed by atoms with Gasteiger partial charge in [-0.25, -0.2) is 4.79 Å². The maximum Gasteiger partial charge on any atom is 0.509 e. The van der Waals surface area contributed by atoms with Crippen LogP contribution in [0.4, 0.5) is 4.79 Å². The van der Waals surface area contributed by atoms with Gasteiger partial charge in [0.1, 0.15) is 18.8 Å². The summed E-state index contributed by atoms with van der Waals surface area (Å²) in [6.45, 7) is 9.80. The fourth-order valence-electron chi connectivity index (χ4n) is 4.96. The molecule has 1 aliphatic heterocycles. The molecule has 1 saturated heterocycles. The molecule has 0 amide bonds. The minimum absolute atomic E-state index is 0.166. The van der Waals surface area contributed by atoms with Gasteiger partial charge in [0.25, 0.3) is 8.32 Å². The first kappa shape index (κ1) is 29.3. The molecule has 11 heteroatoms. The third kappa shape index (κ3) is 6.54. The summed E-state index contributed by atoms with van der Waals surface area (Å²) in [6.07, 6.45) is -0.919. The average molecular weight is 567 g/mol. The second-order valence-electron chi connectivity index (χ2n) is 10.2. The summed E-state index contributed by atoms with van der Waals surface area (Å²) in [5.74, 6) is 5.82. The van der Waals surface area contributed by atoms with Gasteiger partial charge in [0, 0.05) is 6.42 Å². The maximum absolute atomic E-state index is 12.3. The molecule has 0 bridgehead atoms. The molecule has 1 aliphatic rings. The van der Waals surface area contributed by atoms with Gasteiger partial charge in [-0.15, -0.1) is 0 Å². The number of nitrogens with zero attached hydrogens (tertiary/aromatic N) is 1. The molecule has 3 aromatic rings. The second kappa shape index (κ2) is 13.1. The standard InChI is InChI=1S/C29H36N3O7Si/c1-5-34-28(33)37-25-19-27(32-20-22(13-12-18-30)38-31-39-32)36-26(25)21-35-40(29(2,3)4,23-14-8-6-9-15-23)24-16-10-7-11-17-24/h5-11,14-17,20,25-27,31H,18-19,21,30H2,1-4H3/t25-,26+,27+/m0/s1. The zero-order chi connectivity index (χ0) is 28.6. The van der Waals surface area contributed by atoms with Gasteiger partial charge >= 0.3 is 6.16 Å². The van der Waals surface area contributed by atoms with E-state index >= 15 is 0 Å². The van der Waals surface area contributed by atoms with Gasteiger partial charge in [-0.2, -0.15) is 4.74 Å². The molecule has 1 fully saturated rings. The monoisotopic (exact) mass is 566 g/mol. The van der Waals surface area contributed by atoms with Gasteiger partial charge in [-0.1, -0.05) is 92.7 Å². The zero-order valence-corrected chi connectivity index (χ0v) is 24.2. The Balaban J connectivity index is 1.67. The van der Waals surface area contributed by atoms with E-state index in [0.717, 1.165) is 10.4 Å². The molecule has 1 aromatic heterocycles. The molecule has 0 unspecified atom stereocenters. The maximum atomic E-state index is 12.3. The number of rotatable bonds is 8. The van der Waals surface area contributed by atoms with Crippen molar-refractivity contribution >= 4 is 24.8 Å². The molecular formula is C29H36N3O7Si. The third-order valence-corrected chi connectivity index (χ3v) is 11.7. The van der Waals surface area contributed by atoms with Crippen LogP contribution in [0.5, 0.6) is 0 Å². The first-order valence-electron chi connectivity index (χ1n) is 13.1. The topological polar surface area (TPSA) is 127 Å². The molecule has 40 heavy (non-hydrogen) atoms. The molecule has 1 radical (unpaired) electrons. The van der Waals surface area contributed by atoms with Crippen LogP contribution in [0.25, 0.3) is 0 Å². The van der Waals surface area contributed by atoms with E-state index in [9.17, 15) is 4.79 Å². The quantitative estimate of drug-likeness (QED) is 0.238. The molecule has 3 N–H and O–H groups in total. The summed E-state index contributed by atoms with van der Waals surface area (Å²) >= 11 is 0. The molecule has 2 heterocycles. The Morgan fingerprint density at radius 3 is 2.38 bits per heavy atom. The van der Waals surface area contributed by atoms with E-state index in [1.165, 1.54) is 11.3 Å². The predicted molar refractivity (Wildman–Crippen MR) is 150 cm³/mol. The fraction of sp³-hybridized carbons (Fsp3) is 0.379. The van der Waals surface area contributed by atoms with Gasteiger partial charge in [0.2, 0.25) is 5.76 Å². The van der Waals surface area contributed by atoms with Crippen LogP contribution in [0, 0.1) is 18.4 Å². The van der Waals surface area contributed by atoms with E-state index in [1.54, 1.807) is 13.1 Å². The summed E-state index contributed by atoms with van der Waals surface area (Å²) in [7, 11) is -2.87. The van der Waals surface area contributed by atoms with Crippen LogP contribution in [0.3, 0.4) is 0 Å². The van der Waals surface area contributed by atoms with Crippen molar-refractivity contribution in [1.29, 1.82) is 0 Å². The Morgan fingerprint density at radius 1 is 1.15 bits per heavy atom. The molecule has 10 nitrogen and oxygen atoms in total. The largest absolute Gasteiger partial charge is 0.509 e. The molecule has 0 spiro atoms. The lowest BCUT2D eigenvalue weighted by atomic mass is 10.2. The lowest BCUT2D eigenvalue weighted by Gasteiger charge is -2.43. The number of nitrogens with one attached hydrogen (secondary N) is 1. The highest BCUT2D eigenvalue weighted by Crippen LogP contribution is 2.38. The molecule has 3 atom stereocenters. The minimum atomic E-state index is -2.87. The van der Waals surface area contributed by atoms with Crippen molar-refractivity contribution < 1.29 is 32.6 Å². The van der Waals surface area contributed by atoms with Crippen LogP contribution < -0.4 is 16.1 Å². The van der Waals surface area contributed by atoms with E-state index in [4.69, 9.17) is 33.5 Å². The summed E-state index contributed by atoms with van der Waals surface area (Å²) in [5.41, 5.74) is 5.47. The van der Waals surface area contributed by atoms with Gasteiger partial charge in [0.15, 0.2) is 6.23 Å². The van der Waals surface area contributed by atoms with Crippen molar-refractivity contribution in [3.05, 3.63) is 79.2 Å². The number of hydrogen-bond donors (Lipinski definition) is 2. The van der Waals surface area contributed by atoms with Gasteiger partial charge in [-0.3, -0.25) is 4.63 Å². The van der Waals surface area contributed by atoms with Crippen molar-refractivity contribution in [1.82, 2.24) is 10.1 Å². The van der Waals surface area contributed by atoms with Crippen LogP contribution in [-0.4, -0.2) is 49.9 Å². The van der Waals surface area contributed by atoms with Crippen LogP contribution in [0.1, 0.15) is 46.1 Å². The minimum Gasteiger partial charge on any atom is -0.428 e. The number of carbonyl (C=O) groups is 1. The summed E-state index contributed by atoms with van der Waals surface area (Å²) in [4.78, 5) is 12.3. The van der Waals surface area contributed by atoms with Crippen molar-refractivity contribution in [2.45, 2.75) is 57.6 Å². The number of H-pyrrole nitrogens is 1. The first-order valence-corrected chi connectivity index (χ1v) is 15.0. The SMILES string of the molecule is C[CH]OC(=O)O[C@H]1C[C@H](n2cc(C#CCN)o[nH]o2)O[C@@H]1CO[Si](c1ccccc1)(c1ccccc1)C(C)(C)C. The number of aromatic nitrogens is 2. The summed E-state index contributed by atoms with van der Waals surface area (Å²) in [6, 6.07) is 20.6. The fourth-order valence-corrected chi connectivity index (χ4v) is 9.53. The number of aromatic amines is 1. The second-order valence-corrected chi connectivity index (χ2v) is 14.5. The highest BCUT2D eigenvalue weighted by Gasteiger charge is 2.51. The normalized spacial score (nSPS) is 19.0. The van der Waals surface area contributed by atoms with Crippen LogP contribution in [-0.2, 0) is 18.6 Å². The zero-order valence-electron chi connectivity index (χ0n) is 23.2. The van der Waals surface area contributed by atoms with E-state index in [1.807, 2.05) is 36.4 Å². The van der Waals surface area contributed by atoms with Gasteiger partial charge in [-0.05, 0) is 28.3 Å². The molecule has 2 aromatic carbocycles. The lowest BCUT2D eigenvalue weighted by molar-refractivity contribution is -0.0939. The highest BCUT2D eigenvalue weighted by atomic mass is 28.4. The highest BCUT2D eigenvalue weighted by molar-refractivity contribution is 6.99. The first-order chi connectivity index (χ1) is 19.3. The Bertz CT molecular complexity index is 1290. The van der Waals surface area contributed by atoms with E-state index in [0.29, 0.717) is 5.76 Å². The number of ether oxygens (including phenoxy) is 3. The lowest BCUT2D eigenvalue weighted by Crippen LogP contribution is -2.67. The van der Waals surface area contributed by atoms with Crippen LogP contribution >= 0.6 is 0 Å². The van der Waals surface area contributed by atoms with E-state index < -0.39 is 32.9 Å². The molecule has 213 valence electrons. The summed E-state index contributed by atoms with van der Waals surface area (Å²) in [5, 5.41) is 4.38. The molecular weight excluding hydrogens is 530 g/mol. The van der Waals surface area contributed by atoms with Crippen LogP contribution in [0.15, 0.2) is 76.0 Å². The Labute approximate surface area is 235 Å². The predicted octanol–water partition coefficient (Wildman–Crippen LogP) is 4.00. The van der Waals surface area contributed by atoms with E-state index in [2.05, 4.69) is 62.2 Å². The molecule has 4 rings (SSSR count). The number of nitrogens with two attached hydrogens (primary N) is 1. The molecule has 0 aliphatic carbocycles. The average Bonchev–Trinajstić information content (AvgIpc) is 3.35. The van der Waals surface area contributed by atoms with E-state index in [-0.39, 0.29) is 24.6 Å². The van der Waals surface area contributed by atoms with Crippen molar-refractivity contribution in [3.63, 3.8) is 0 Å². The van der Waals surface area contributed by atoms with Crippen molar-refractivity contribution in [3.8, 4) is 11.8 Å². The smallest absolute Gasteiger partial charge is 0.428 e. The van der Waals surface area contributed by atoms with Crippen molar-refractivity contribution in [2.24, 2.45) is 5.73 Å². The Kier molecular flexibility index (Phi) is 9.60. The van der Waals surface area contributed by atoms with Gasteiger partial charge < -0.3 is 28.9 Å². The Morgan fingerprint density at radius 2 is 1.80 bits per heavy atom. The summed E-state index contributed by atoms with van der Waals surface area (Å²) < 4.78 is 36.0. The van der Waals surface area contributed by atoms with Crippen molar-refractivity contribution in [2.75, 3.05) is 13.2 Å². The number of hydrogen-bond acceptors (Lipinski definition) is 8. The van der Waals surface area contributed by atoms with Crippen LogP contribution in [0.2, 0.25) is 5.04 Å². The molecule has 0 saturated carbocycles. The number of benzene rings is 2. The third-order valence-electron chi connectivity index (χ3n) is 6.66. The number of carbonyl (C=O) groups excluding carboxylic acids is 1.